The van der Waals surface area contributed by atoms with Crippen LogP contribution >= 0.6 is 0 Å². The highest BCUT2D eigenvalue weighted by atomic mass is 16.3. The van der Waals surface area contributed by atoms with Crippen molar-refractivity contribution in [2.75, 3.05) is 6.54 Å². The molecule has 3 heterocycles. The smallest absolute Gasteiger partial charge is 0.290 e. The van der Waals surface area contributed by atoms with Crippen LogP contribution in [-0.4, -0.2) is 80.0 Å². The zero-order chi connectivity index (χ0) is 34.5. The Labute approximate surface area is 275 Å². The van der Waals surface area contributed by atoms with E-state index in [1.807, 2.05) is 54.6 Å². The van der Waals surface area contributed by atoms with E-state index in [0.29, 0.717) is 37.9 Å². The molecule has 2 aromatic heterocycles. The highest BCUT2D eigenvalue weighted by Crippen LogP contribution is 2.20. The molecule has 0 unspecified atom stereocenters. The summed E-state index contributed by atoms with van der Waals surface area (Å²) < 4.78 is 5.65. The number of nitrogens with one attached hydrogen (secondary N) is 5. The first-order valence-electron chi connectivity index (χ1n) is 15.6. The van der Waals surface area contributed by atoms with Crippen LogP contribution < -0.4 is 21.3 Å². The summed E-state index contributed by atoms with van der Waals surface area (Å²) in [5.41, 5.74) is 2.47. The summed E-state index contributed by atoms with van der Waals surface area (Å²) >= 11 is 0. The summed E-state index contributed by atoms with van der Waals surface area (Å²) in [6.07, 6.45) is 2.07. The number of hydrogen-bond acceptors (Lipinski definition) is 9. The van der Waals surface area contributed by atoms with Crippen molar-refractivity contribution in [2.24, 2.45) is 0 Å². The number of oxazole rings is 1. The van der Waals surface area contributed by atoms with Crippen molar-refractivity contribution >= 4 is 41.1 Å². The summed E-state index contributed by atoms with van der Waals surface area (Å²) in [5, 5.41) is 28.1. The quantitative estimate of drug-likeness (QED) is 0.141. The van der Waals surface area contributed by atoms with Crippen molar-refractivity contribution in [1.82, 2.24) is 36.2 Å². The molecule has 0 saturated carbocycles. The van der Waals surface area contributed by atoms with E-state index in [-0.39, 0.29) is 36.9 Å². The number of imidazole rings is 1. The number of aromatic amines is 1. The van der Waals surface area contributed by atoms with Gasteiger partial charge in [0, 0.05) is 25.8 Å². The number of carbonyl (C=O) groups excluding carboxylic acids is 4. The molecule has 0 fully saturated rings. The van der Waals surface area contributed by atoms with Crippen molar-refractivity contribution in [3.8, 4) is 0 Å². The maximum Gasteiger partial charge on any atom is 0.290 e. The van der Waals surface area contributed by atoms with Gasteiger partial charge in [0.2, 0.25) is 23.6 Å². The van der Waals surface area contributed by atoms with Crippen LogP contribution in [0.2, 0.25) is 0 Å². The van der Waals surface area contributed by atoms with Gasteiger partial charge >= 0.3 is 0 Å². The molecule has 15 nitrogen and oxygen atoms in total. The number of nitrogens with zero attached hydrogens (tertiary/aromatic N) is 2. The van der Waals surface area contributed by atoms with E-state index in [4.69, 9.17) is 14.3 Å². The van der Waals surface area contributed by atoms with Crippen LogP contribution in [0.4, 0.5) is 0 Å². The minimum absolute atomic E-state index is 0.0810. The first kappa shape index (κ1) is 35.3. The number of para-hydroxylation sites is 2. The zero-order valence-corrected chi connectivity index (χ0v) is 26.3. The number of carbonyl (C=O) groups is 5. The van der Waals surface area contributed by atoms with Gasteiger partial charge < -0.3 is 40.9 Å². The van der Waals surface area contributed by atoms with Gasteiger partial charge in [-0.3, -0.25) is 24.0 Å². The molecule has 254 valence electrons. The minimum atomic E-state index is -1.20. The third kappa shape index (κ3) is 9.96. The maximum absolute atomic E-state index is 13.7. The number of hydrogen-bond donors (Lipinski definition) is 7. The third-order valence-electron chi connectivity index (χ3n) is 7.60. The molecule has 4 atom stereocenters. The summed E-state index contributed by atoms with van der Waals surface area (Å²) in [6.45, 7) is 1.40. The Balaban J connectivity index is 0.00000167. The monoisotopic (exact) mass is 661 g/mol. The fraction of sp³-hybridized carbons (Fsp3) is 0.364. The molecule has 1 aliphatic rings. The van der Waals surface area contributed by atoms with Gasteiger partial charge in [-0.15, -0.1) is 0 Å². The standard InChI is InChI=1S/C32H37N7O6.CH2O2/c1-19(40)28-31(44)33-16-8-7-13-23(36-27(41)15-14-26-34-21-11-5-6-12-22(21)35-26)29(42)37-24(17-20-9-3-2-4-10-20)32-38-25(18-45-32)30(43)39-28;2-1-3/h2-6,9-12,18-19,23-24,28,40H,7-8,13-17H2,1H3,(H,33,44)(H,34,35)(H,36,41)(H,37,42)(H,39,43);1H,(H,2,3)/t19-,23+,24+,28+;/m1./s1. The number of aryl methyl sites for hydroxylation is 1. The summed E-state index contributed by atoms with van der Waals surface area (Å²) in [5.74, 6) is -1.25. The highest BCUT2D eigenvalue weighted by molar-refractivity contribution is 5.96. The lowest BCUT2D eigenvalue weighted by Gasteiger charge is -2.23. The van der Waals surface area contributed by atoms with Crippen molar-refractivity contribution < 1.29 is 38.6 Å². The van der Waals surface area contributed by atoms with Crippen LogP contribution in [-0.2, 0) is 32.0 Å². The number of aliphatic hydroxyl groups excluding tert-OH is 1. The van der Waals surface area contributed by atoms with E-state index in [1.54, 1.807) is 0 Å². The Hall–Kier alpha value is -5.57. The lowest BCUT2D eigenvalue weighted by Crippen LogP contribution is -2.52. The second-order valence-corrected chi connectivity index (χ2v) is 11.2. The van der Waals surface area contributed by atoms with E-state index in [2.05, 4.69) is 36.2 Å². The Bertz CT molecular complexity index is 1650. The molecule has 0 saturated heterocycles. The van der Waals surface area contributed by atoms with Gasteiger partial charge in [-0.1, -0.05) is 42.5 Å². The number of benzene rings is 2. The molecule has 2 bridgehead atoms. The number of carboxylic acid groups (broad SMARTS) is 1. The number of fused-ring (bicyclic) bond motifs is 3. The van der Waals surface area contributed by atoms with Crippen LogP contribution in [0.1, 0.15) is 66.4 Å². The molecule has 48 heavy (non-hydrogen) atoms. The van der Waals surface area contributed by atoms with Crippen molar-refractivity contribution in [3.63, 3.8) is 0 Å². The van der Waals surface area contributed by atoms with Crippen LogP contribution in [0.25, 0.3) is 11.0 Å². The Morgan fingerprint density at radius 2 is 1.77 bits per heavy atom. The Morgan fingerprint density at radius 1 is 1.04 bits per heavy atom. The SMILES string of the molecule is C[C@@H](O)[C@@H]1NC(=O)c2coc(n2)[C@H](Cc2ccccc2)NC(=O)[C@@H](NC(=O)CCc2nc3ccccc3[nH]2)CCCCNC1=O.O=CO. The predicted molar refractivity (Wildman–Crippen MR) is 172 cm³/mol. The Kier molecular flexibility index (Phi) is 12.8. The minimum Gasteiger partial charge on any atom is -0.483 e. The third-order valence-corrected chi connectivity index (χ3v) is 7.60. The maximum atomic E-state index is 13.7. The van der Waals surface area contributed by atoms with Crippen LogP contribution in [0.15, 0.2) is 65.3 Å². The van der Waals surface area contributed by atoms with E-state index < -0.39 is 42.0 Å². The zero-order valence-electron chi connectivity index (χ0n) is 26.3. The number of aromatic nitrogens is 3. The first-order valence-corrected chi connectivity index (χ1v) is 15.6. The molecule has 4 aromatic rings. The summed E-state index contributed by atoms with van der Waals surface area (Å²) in [6, 6.07) is 14.2. The fourth-order valence-electron chi connectivity index (χ4n) is 5.18. The normalized spacial score (nSPS) is 19.5. The second kappa shape index (κ2) is 17.4. The second-order valence-electron chi connectivity index (χ2n) is 11.2. The molecular formula is C33H39N7O8. The van der Waals surface area contributed by atoms with Crippen molar-refractivity contribution in [2.45, 2.75) is 69.7 Å². The average molecular weight is 662 g/mol. The molecule has 0 spiro atoms. The number of amides is 4. The molecule has 7 N–H and O–H groups in total. The van der Waals surface area contributed by atoms with E-state index >= 15 is 0 Å². The van der Waals surface area contributed by atoms with Gasteiger partial charge in [-0.25, -0.2) is 9.97 Å². The van der Waals surface area contributed by atoms with Gasteiger partial charge in [-0.05, 0) is 43.9 Å². The van der Waals surface area contributed by atoms with Gasteiger partial charge in [-0.2, -0.15) is 0 Å². The molecule has 15 heteroatoms. The molecule has 1 aliphatic heterocycles. The van der Waals surface area contributed by atoms with Crippen molar-refractivity contribution in [3.05, 3.63) is 83.8 Å². The number of aliphatic hydroxyl groups is 1. The summed E-state index contributed by atoms with van der Waals surface area (Å²) in [7, 11) is 0. The first-order chi connectivity index (χ1) is 23.2. The van der Waals surface area contributed by atoms with E-state index in [9.17, 15) is 24.3 Å². The topological polar surface area (TPSA) is 229 Å². The molecule has 2 aromatic carbocycles. The average Bonchev–Trinajstić information content (AvgIpc) is 3.73. The predicted octanol–water partition coefficient (Wildman–Crippen LogP) is 1.55. The van der Waals surface area contributed by atoms with E-state index in [1.165, 1.54) is 6.92 Å². The molecular weight excluding hydrogens is 622 g/mol. The van der Waals surface area contributed by atoms with Gasteiger partial charge in [0.05, 0.1) is 17.1 Å². The van der Waals surface area contributed by atoms with E-state index in [0.717, 1.165) is 22.9 Å². The van der Waals surface area contributed by atoms with Crippen LogP contribution in [0.5, 0.6) is 0 Å². The van der Waals surface area contributed by atoms with Gasteiger partial charge in [0.15, 0.2) is 5.69 Å². The van der Waals surface area contributed by atoms with Crippen LogP contribution in [0, 0.1) is 0 Å². The fourth-order valence-corrected chi connectivity index (χ4v) is 5.18. The molecule has 0 radical (unpaired) electrons. The molecule has 5 rings (SSSR count). The summed E-state index contributed by atoms with van der Waals surface area (Å²) in [4.78, 5) is 72.9. The lowest BCUT2D eigenvalue weighted by atomic mass is 10.0. The Morgan fingerprint density at radius 3 is 2.50 bits per heavy atom. The lowest BCUT2D eigenvalue weighted by molar-refractivity contribution is -0.129. The molecule has 4 amide bonds. The van der Waals surface area contributed by atoms with Gasteiger partial charge in [0.1, 0.15) is 30.2 Å². The largest absolute Gasteiger partial charge is 0.483 e. The van der Waals surface area contributed by atoms with Gasteiger partial charge in [0.25, 0.3) is 12.4 Å². The molecule has 0 aliphatic carbocycles. The van der Waals surface area contributed by atoms with Crippen LogP contribution in [0.3, 0.4) is 0 Å². The number of rotatable bonds is 7. The highest BCUT2D eigenvalue weighted by Gasteiger charge is 2.30. The number of H-pyrrole nitrogens is 1. The van der Waals surface area contributed by atoms with Crippen molar-refractivity contribution in [1.29, 1.82) is 0 Å².